The lowest BCUT2D eigenvalue weighted by Crippen LogP contribution is -2.67. The van der Waals surface area contributed by atoms with E-state index in [1.165, 1.54) is 0 Å². The van der Waals surface area contributed by atoms with Crippen molar-refractivity contribution in [1.29, 1.82) is 0 Å². The van der Waals surface area contributed by atoms with E-state index in [-0.39, 0.29) is 0 Å². The first-order valence-electron chi connectivity index (χ1n) is 14.8. The highest BCUT2D eigenvalue weighted by atomic mass is 32.3. The summed E-state index contributed by atoms with van der Waals surface area (Å²) in [6, 6.07) is 0. The largest absolute Gasteiger partial charge is 0.470 e. The molecular formula is C12H33O42P9S3. The van der Waals surface area contributed by atoms with E-state index in [0.717, 1.165) is 0 Å². The van der Waals surface area contributed by atoms with Gasteiger partial charge in [-0.3, -0.25) is 54.6 Å². The summed E-state index contributed by atoms with van der Waals surface area (Å²) in [5, 5.41) is 0. The van der Waals surface area contributed by atoms with Gasteiger partial charge in [-0.05, 0) is 0 Å². The fraction of sp³-hybridized carbons (Fsp3) is 1.00. The molecule has 0 saturated heterocycles. The van der Waals surface area contributed by atoms with Crippen LogP contribution in [0.5, 0.6) is 0 Å². The van der Waals surface area contributed by atoms with Crippen LogP contribution in [0.15, 0.2) is 0 Å². The number of phosphoric ester groups is 3. The molecule has 0 aromatic heterocycles. The molecule has 0 amide bonds. The number of hydrogen-bond donors (Lipinski definition) is 21. The number of phosphoric acid groups is 3. The normalized spacial score (nSPS) is 30.9. The molecule has 2 rings (SSSR count). The monoisotopic (exact) mass is 1220 g/mol. The average molecular weight is 1220 g/mol. The molecule has 0 spiro atoms. The Morgan fingerprint density at radius 2 is 0.379 bits per heavy atom. The van der Waals surface area contributed by atoms with Crippen LogP contribution in [0.3, 0.4) is 0 Å². The van der Waals surface area contributed by atoms with Crippen LogP contribution in [0, 0.1) is 0 Å². The minimum Gasteiger partial charge on any atom is -0.324 e. The maximum Gasteiger partial charge on any atom is 0.470 e. The Kier molecular flexibility index (Phi) is 20.6. The van der Waals surface area contributed by atoms with Gasteiger partial charge in [-0.15, -0.1) is 0 Å². The minimum absolute atomic E-state index is 3.23. The van der Waals surface area contributed by atoms with Crippen molar-refractivity contribution < 1.29 is 194 Å². The van der Waals surface area contributed by atoms with E-state index in [1.54, 1.807) is 0 Å². The second-order valence-electron chi connectivity index (χ2n) is 12.6. The van der Waals surface area contributed by atoms with E-state index < -0.39 is 171 Å². The van der Waals surface area contributed by atoms with E-state index in [2.05, 4.69) is 26.1 Å². The van der Waals surface area contributed by atoms with Crippen molar-refractivity contribution in [2.45, 2.75) is 70.6 Å². The summed E-state index contributed by atoms with van der Waals surface area (Å²) >= 11 is 0. The van der Waals surface area contributed by atoms with E-state index in [0.29, 0.717) is 0 Å². The standard InChI is InChI=1S/C6H15O24P3S3.C6H18O18P6/c7-31(8,9)25-1-2(26-32(10,11)12)4(28-34(16,17)18)6(30-36(22,23)24)5(29-35(19,20)21)3(1)27-33(13,14)15;7-25(8,9)1-2(26(10,11)12)4(28(16,17)18)6(30(22,23)24)5(29(19,20)21)3(1)27(13,14)15/h1-6H,(H2,7,8,9)(H2,10,11,12)(H2,13,14,15)(H,16,17,18)(H,19,20,21)(H,22,23,24);1-6H,(H2,7,8,9)(H2,10,11,12)(H2,13,14,15)(H2,16,17,18)(H2,19,20,21)(H2,22,23,24)/t1?,2-,3+,4+,5-,6?;. The molecule has 396 valence electrons. The predicted octanol–water partition coefficient (Wildman–Crippen LogP) is -6.72. The number of rotatable bonds is 18. The molecule has 0 aromatic rings. The Morgan fingerprint density at radius 3 is 0.485 bits per heavy atom. The van der Waals surface area contributed by atoms with Crippen molar-refractivity contribution in [2.24, 2.45) is 0 Å². The summed E-state index contributed by atoms with van der Waals surface area (Å²) in [4.78, 5) is 168. The van der Waals surface area contributed by atoms with Crippen LogP contribution in [-0.2, 0) is 98.4 Å². The van der Waals surface area contributed by atoms with Gasteiger partial charge >= 0.3 is 100 Å². The average Bonchev–Trinajstić information content (AvgIpc) is 2.95. The minimum atomic E-state index is -6.26. The van der Waals surface area contributed by atoms with Gasteiger partial charge in [-0.1, -0.05) is 0 Å². The first-order valence-corrected chi connectivity index (χ1v) is 33.6. The molecule has 2 unspecified atom stereocenters. The van der Waals surface area contributed by atoms with E-state index in [1.807, 2.05) is 0 Å². The second kappa shape index (κ2) is 21.0. The molecule has 2 saturated carbocycles. The Morgan fingerprint density at radius 1 is 0.258 bits per heavy atom. The highest BCUT2D eigenvalue weighted by Gasteiger charge is 2.75. The molecule has 0 aromatic carbocycles. The van der Waals surface area contributed by atoms with Gasteiger partial charge < -0.3 is 88.1 Å². The van der Waals surface area contributed by atoms with Crippen LogP contribution in [0.1, 0.15) is 0 Å². The van der Waals surface area contributed by atoms with Crippen LogP contribution >= 0.6 is 69.0 Å². The molecule has 0 heterocycles. The Balaban J connectivity index is 0.000000671. The predicted molar refractivity (Wildman–Crippen MR) is 195 cm³/mol. The van der Waals surface area contributed by atoms with Gasteiger partial charge in [0.1, 0.15) is 36.6 Å². The fourth-order valence-electron chi connectivity index (χ4n) is 6.31. The highest BCUT2D eigenvalue weighted by molar-refractivity contribution is 7.81. The van der Waals surface area contributed by atoms with Crippen LogP contribution in [-0.4, -0.2) is 198 Å². The zero-order chi connectivity index (χ0) is 53.2. The Labute approximate surface area is 364 Å². The van der Waals surface area contributed by atoms with Crippen molar-refractivity contribution in [1.82, 2.24) is 0 Å². The third-order valence-corrected chi connectivity index (χ3v) is 20.7. The molecule has 6 atom stereocenters. The summed E-state index contributed by atoms with van der Waals surface area (Å²) < 4.78 is 224. The molecule has 0 radical (unpaired) electrons. The van der Waals surface area contributed by atoms with Gasteiger partial charge in [0.2, 0.25) is 0 Å². The molecule has 21 N–H and O–H groups in total. The summed E-state index contributed by atoms with van der Waals surface area (Å²) in [5.74, 6) is 0. The van der Waals surface area contributed by atoms with Gasteiger partial charge in [0.15, 0.2) is 0 Å². The molecule has 42 nitrogen and oxygen atoms in total. The van der Waals surface area contributed by atoms with Crippen molar-refractivity contribution in [3.63, 3.8) is 0 Å². The van der Waals surface area contributed by atoms with E-state index in [9.17, 15) is 125 Å². The summed E-state index contributed by atoms with van der Waals surface area (Å²) in [6.45, 7) is 0. The summed E-state index contributed by atoms with van der Waals surface area (Å²) in [5.41, 5.74) is -20.9. The van der Waals surface area contributed by atoms with Crippen molar-refractivity contribution in [2.75, 3.05) is 0 Å². The molecule has 2 aliphatic rings. The maximum absolute atomic E-state index is 11.9. The Bertz CT molecular complexity index is 2270. The molecule has 0 aliphatic heterocycles. The third-order valence-electron chi connectivity index (χ3n) is 7.85. The maximum atomic E-state index is 11.9. The van der Waals surface area contributed by atoms with Gasteiger partial charge in [0, 0.05) is 0 Å². The zero-order valence-corrected chi connectivity index (χ0v) is 40.6. The van der Waals surface area contributed by atoms with Gasteiger partial charge in [0.05, 0.1) is 34.0 Å². The first-order chi connectivity index (χ1) is 28.3. The SMILES string of the molecule is O=P(O)(O)C1C(P(=O)(O)O)C(P(=O)(O)O)C(P(=O)(O)O)C(P(=O)(O)O)C1P(=O)(O)O.O=P(O)(O)OC1[C@@H](OP(=O)(O)O)[C@H](OS(=O)(=O)O)C(OS(=O)(=O)O)[C@H](OS(=O)(=O)O)[C@H]1OP(=O)(O)O. The lowest BCUT2D eigenvalue weighted by molar-refractivity contribution is -0.194. The molecular weight excluding hydrogens is 1190 g/mol. The fourth-order valence-corrected chi connectivity index (χ4v) is 23.5. The summed E-state index contributed by atoms with van der Waals surface area (Å²) in [7, 11) is -73.8. The Hall–Kier alpha value is 0.840. The zero-order valence-electron chi connectivity index (χ0n) is 30.1. The third kappa shape index (κ3) is 20.0. The molecule has 0 bridgehead atoms. The van der Waals surface area contributed by atoms with Crippen molar-refractivity contribution in [3.05, 3.63) is 0 Å². The van der Waals surface area contributed by atoms with Gasteiger partial charge in [-0.2, -0.15) is 25.3 Å². The number of hydrogen-bond acceptors (Lipinski definition) is 21. The highest BCUT2D eigenvalue weighted by Crippen LogP contribution is 2.77. The topological polar surface area (TPSA) is 736 Å². The van der Waals surface area contributed by atoms with Crippen molar-refractivity contribution >= 4 is 100 Å². The molecule has 66 heavy (non-hydrogen) atoms. The smallest absolute Gasteiger partial charge is 0.324 e. The summed E-state index contributed by atoms with van der Waals surface area (Å²) in [6.07, 6.45) is -19.6. The van der Waals surface area contributed by atoms with Crippen LogP contribution in [0.4, 0.5) is 0 Å². The van der Waals surface area contributed by atoms with Crippen LogP contribution < -0.4 is 0 Å². The van der Waals surface area contributed by atoms with Crippen LogP contribution in [0.2, 0.25) is 0 Å². The first kappa shape index (κ1) is 64.9. The second-order valence-corrected chi connectivity index (χ2v) is 30.0. The van der Waals surface area contributed by atoms with Crippen molar-refractivity contribution in [3.8, 4) is 0 Å². The van der Waals surface area contributed by atoms with E-state index in [4.69, 9.17) is 43.0 Å². The van der Waals surface area contributed by atoms with E-state index >= 15 is 0 Å². The lowest BCUT2D eigenvalue weighted by Gasteiger charge is -2.50. The van der Waals surface area contributed by atoms with Gasteiger partial charge in [0.25, 0.3) is 0 Å². The van der Waals surface area contributed by atoms with Gasteiger partial charge in [-0.25, -0.2) is 26.2 Å². The molecule has 2 fully saturated rings. The molecule has 2 aliphatic carbocycles. The quantitative estimate of drug-likeness (QED) is 0.0448. The van der Waals surface area contributed by atoms with Crippen LogP contribution in [0.25, 0.3) is 0 Å². The lowest BCUT2D eigenvalue weighted by atomic mass is 9.85. The molecule has 54 heteroatoms.